The number of methoxy groups -OCH3 is 1. The molecule has 1 atom stereocenters. The van der Waals surface area contributed by atoms with E-state index < -0.39 is 0 Å². The molecule has 5 heteroatoms. The zero-order valence-corrected chi connectivity index (χ0v) is 10.1. The molecule has 90 valence electrons. The van der Waals surface area contributed by atoms with Crippen molar-refractivity contribution in [3.63, 3.8) is 0 Å². The molecule has 0 saturated carbocycles. The summed E-state index contributed by atoms with van der Waals surface area (Å²) < 4.78 is 10.7. The molecule has 0 spiro atoms. The molecule has 1 aromatic rings. The molecule has 0 aromatic carbocycles. The highest BCUT2D eigenvalue weighted by Crippen LogP contribution is 2.22. The lowest BCUT2D eigenvalue weighted by Gasteiger charge is -2.15. The molecule has 0 fully saturated rings. The molecule has 0 radical (unpaired) electrons. The average molecular weight is 225 g/mol. The third kappa shape index (κ3) is 3.34. The fraction of sp³-hybridized carbons (Fsp3) is 0.636. The van der Waals surface area contributed by atoms with E-state index in [1.165, 1.54) is 6.33 Å². The lowest BCUT2D eigenvalue weighted by atomic mass is 10.2. The van der Waals surface area contributed by atoms with Crippen molar-refractivity contribution < 1.29 is 9.47 Å². The summed E-state index contributed by atoms with van der Waals surface area (Å²) in [5, 5.41) is 0. The second-order valence-corrected chi connectivity index (χ2v) is 3.68. The first kappa shape index (κ1) is 12.7. The monoisotopic (exact) mass is 225 g/mol. The molecule has 1 rings (SSSR count). The summed E-state index contributed by atoms with van der Waals surface area (Å²) in [6, 6.07) is 0. The van der Waals surface area contributed by atoms with Gasteiger partial charge >= 0.3 is 0 Å². The van der Waals surface area contributed by atoms with Crippen LogP contribution in [0.5, 0.6) is 5.88 Å². The zero-order valence-electron chi connectivity index (χ0n) is 10.1. The smallest absolute Gasteiger partial charge is 0.222 e. The maximum atomic E-state index is 5.79. The first-order valence-corrected chi connectivity index (χ1v) is 5.44. The Balaban J connectivity index is 2.81. The van der Waals surface area contributed by atoms with Gasteiger partial charge in [-0.05, 0) is 13.3 Å². The molecular weight excluding hydrogens is 206 g/mol. The van der Waals surface area contributed by atoms with E-state index >= 15 is 0 Å². The van der Waals surface area contributed by atoms with Gasteiger partial charge in [0.05, 0.1) is 12.2 Å². The van der Waals surface area contributed by atoms with Crippen molar-refractivity contribution in [2.24, 2.45) is 0 Å². The Morgan fingerprint density at radius 2 is 2.19 bits per heavy atom. The van der Waals surface area contributed by atoms with Crippen LogP contribution in [0, 0.1) is 0 Å². The first-order valence-electron chi connectivity index (χ1n) is 5.44. The van der Waals surface area contributed by atoms with Crippen LogP contribution in [0.15, 0.2) is 6.33 Å². The van der Waals surface area contributed by atoms with E-state index in [1.807, 2.05) is 6.92 Å². The maximum absolute atomic E-state index is 5.79. The van der Waals surface area contributed by atoms with Crippen LogP contribution in [0.3, 0.4) is 0 Å². The number of hydrogen-bond donors (Lipinski definition) is 1. The number of aromatic nitrogens is 2. The highest BCUT2D eigenvalue weighted by molar-refractivity contribution is 5.44. The summed E-state index contributed by atoms with van der Waals surface area (Å²) in [6.07, 6.45) is 3.17. The van der Waals surface area contributed by atoms with Gasteiger partial charge in [-0.25, -0.2) is 9.97 Å². The predicted octanol–water partition coefficient (Wildman–Crippen LogP) is 1.43. The Bertz CT molecular complexity index is 331. The lowest BCUT2D eigenvalue weighted by molar-refractivity contribution is 0.0882. The third-order valence-corrected chi connectivity index (χ3v) is 2.15. The lowest BCUT2D eigenvalue weighted by Crippen LogP contribution is -2.20. The fourth-order valence-corrected chi connectivity index (χ4v) is 1.45. The van der Waals surface area contributed by atoms with Gasteiger partial charge < -0.3 is 15.2 Å². The van der Waals surface area contributed by atoms with Crippen LogP contribution in [-0.4, -0.2) is 29.8 Å². The molecule has 1 heterocycles. The third-order valence-electron chi connectivity index (χ3n) is 2.15. The minimum Gasteiger partial charge on any atom is -0.472 e. The average Bonchev–Trinajstić information content (AvgIpc) is 2.23. The Morgan fingerprint density at radius 3 is 2.81 bits per heavy atom. The van der Waals surface area contributed by atoms with Gasteiger partial charge in [-0.1, -0.05) is 13.3 Å². The van der Waals surface area contributed by atoms with E-state index in [0.717, 1.165) is 18.4 Å². The van der Waals surface area contributed by atoms with Crippen molar-refractivity contribution in [2.45, 2.75) is 32.8 Å². The number of rotatable bonds is 6. The van der Waals surface area contributed by atoms with Crippen LogP contribution >= 0.6 is 0 Å². The molecule has 0 aliphatic carbocycles. The van der Waals surface area contributed by atoms with Crippen LogP contribution < -0.4 is 10.5 Å². The highest BCUT2D eigenvalue weighted by atomic mass is 16.5. The molecule has 0 aliphatic rings. The Morgan fingerprint density at radius 1 is 1.44 bits per heavy atom. The van der Waals surface area contributed by atoms with Crippen LogP contribution in [0.4, 0.5) is 5.82 Å². The van der Waals surface area contributed by atoms with E-state index in [1.54, 1.807) is 7.11 Å². The standard InChI is InChI=1S/C11H19N3O2/c1-4-5-9-10(12)13-7-14-11(9)16-8(2)6-15-3/h7-8H,4-6H2,1-3H3,(H2,12,13,14). The normalized spacial score (nSPS) is 12.4. The molecule has 0 amide bonds. The van der Waals surface area contributed by atoms with Crippen molar-refractivity contribution in [3.05, 3.63) is 11.9 Å². The number of ether oxygens (including phenoxy) is 2. The molecule has 1 unspecified atom stereocenters. The van der Waals surface area contributed by atoms with Gasteiger partial charge in [0, 0.05) is 7.11 Å². The summed E-state index contributed by atoms with van der Waals surface area (Å²) in [5.74, 6) is 1.07. The molecule has 5 nitrogen and oxygen atoms in total. The molecule has 16 heavy (non-hydrogen) atoms. The van der Waals surface area contributed by atoms with E-state index in [-0.39, 0.29) is 6.10 Å². The van der Waals surface area contributed by atoms with Crippen LogP contribution in [0.25, 0.3) is 0 Å². The first-order chi connectivity index (χ1) is 7.69. The van der Waals surface area contributed by atoms with Crippen molar-refractivity contribution in [2.75, 3.05) is 19.5 Å². The van der Waals surface area contributed by atoms with Crippen molar-refractivity contribution in [3.8, 4) is 5.88 Å². The van der Waals surface area contributed by atoms with Gasteiger partial charge in [0.1, 0.15) is 18.2 Å². The van der Waals surface area contributed by atoms with E-state index in [0.29, 0.717) is 18.3 Å². The molecule has 2 N–H and O–H groups in total. The Hall–Kier alpha value is -1.36. The molecule has 0 aliphatic heterocycles. The van der Waals surface area contributed by atoms with Gasteiger partial charge in [0.15, 0.2) is 0 Å². The SMILES string of the molecule is CCCc1c(N)ncnc1OC(C)COC. The zero-order chi connectivity index (χ0) is 12.0. The van der Waals surface area contributed by atoms with Gasteiger partial charge in [-0.2, -0.15) is 0 Å². The second-order valence-electron chi connectivity index (χ2n) is 3.68. The molecule has 0 saturated heterocycles. The van der Waals surface area contributed by atoms with Crippen LogP contribution in [0.1, 0.15) is 25.8 Å². The minimum atomic E-state index is -0.0464. The van der Waals surface area contributed by atoms with Gasteiger partial charge in [0.2, 0.25) is 5.88 Å². The van der Waals surface area contributed by atoms with Crippen molar-refractivity contribution in [1.82, 2.24) is 9.97 Å². The van der Waals surface area contributed by atoms with Gasteiger partial charge in [-0.3, -0.25) is 0 Å². The van der Waals surface area contributed by atoms with E-state index in [2.05, 4.69) is 16.9 Å². The number of nitrogens with two attached hydrogens (primary N) is 1. The maximum Gasteiger partial charge on any atom is 0.222 e. The summed E-state index contributed by atoms with van der Waals surface area (Å²) >= 11 is 0. The summed E-state index contributed by atoms with van der Waals surface area (Å²) in [5.41, 5.74) is 6.68. The molecule has 0 bridgehead atoms. The summed E-state index contributed by atoms with van der Waals surface area (Å²) in [6.45, 7) is 4.53. The number of hydrogen-bond acceptors (Lipinski definition) is 5. The fourth-order valence-electron chi connectivity index (χ4n) is 1.45. The number of nitrogen functional groups attached to an aromatic ring is 1. The Kier molecular flexibility index (Phi) is 4.98. The van der Waals surface area contributed by atoms with E-state index in [9.17, 15) is 0 Å². The molecule has 1 aromatic heterocycles. The predicted molar refractivity (Wildman–Crippen MR) is 62.4 cm³/mol. The minimum absolute atomic E-state index is 0.0464. The van der Waals surface area contributed by atoms with Crippen LogP contribution in [0.2, 0.25) is 0 Å². The van der Waals surface area contributed by atoms with E-state index in [4.69, 9.17) is 15.2 Å². The summed E-state index contributed by atoms with van der Waals surface area (Å²) in [7, 11) is 1.64. The molecular formula is C11H19N3O2. The summed E-state index contributed by atoms with van der Waals surface area (Å²) in [4.78, 5) is 8.08. The largest absolute Gasteiger partial charge is 0.472 e. The topological polar surface area (TPSA) is 70.3 Å². The number of anilines is 1. The van der Waals surface area contributed by atoms with Crippen molar-refractivity contribution in [1.29, 1.82) is 0 Å². The number of nitrogens with zero attached hydrogens (tertiary/aromatic N) is 2. The Labute approximate surface area is 96.0 Å². The van der Waals surface area contributed by atoms with Gasteiger partial charge in [0.25, 0.3) is 0 Å². The second kappa shape index (κ2) is 6.27. The van der Waals surface area contributed by atoms with Gasteiger partial charge in [-0.15, -0.1) is 0 Å². The quantitative estimate of drug-likeness (QED) is 0.793. The van der Waals surface area contributed by atoms with Crippen molar-refractivity contribution >= 4 is 5.82 Å². The highest BCUT2D eigenvalue weighted by Gasteiger charge is 2.12. The van der Waals surface area contributed by atoms with Crippen LogP contribution in [-0.2, 0) is 11.2 Å².